The highest BCUT2D eigenvalue weighted by Gasteiger charge is 2.59. The number of fused-ring (bicyclic) bond motifs is 1. The third-order valence-corrected chi connectivity index (χ3v) is 13.6. The maximum Gasteiger partial charge on any atom is 0.192 e. The minimum absolute atomic E-state index is 0.131. The van der Waals surface area contributed by atoms with Gasteiger partial charge in [0.15, 0.2) is 8.32 Å². The lowest BCUT2D eigenvalue weighted by atomic mass is 9.65. The summed E-state index contributed by atoms with van der Waals surface area (Å²) < 4.78 is 12.3. The quantitative estimate of drug-likeness (QED) is 0.623. The van der Waals surface area contributed by atoms with Gasteiger partial charge in [-0.3, -0.25) is 4.90 Å². The van der Waals surface area contributed by atoms with Gasteiger partial charge in [0.2, 0.25) is 0 Å². The van der Waals surface area contributed by atoms with E-state index in [1.807, 2.05) is 12.1 Å². The van der Waals surface area contributed by atoms with E-state index in [0.29, 0.717) is 6.04 Å². The first-order valence-corrected chi connectivity index (χ1v) is 15.3. The first kappa shape index (κ1) is 24.2. The number of rotatable bonds is 6. The number of aliphatic hydroxyl groups is 1. The van der Waals surface area contributed by atoms with Crippen molar-refractivity contribution in [2.75, 3.05) is 20.7 Å². The molecule has 6 heteroatoms. The Morgan fingerprint density at radius 3 is 2.47 bits per heavy atom. The second-order valence-electron chi connectivity index (χ2n) is 12.0. The fraction of sp³-hybridized carbons (Fsp3) is 0.769. The predicted octanol–water partition coefficient (Wildman–Crippen LogP) is 4.20. The van der Waals surface area contributed by atoms with Crippen LogP contribution in [0.4, 0.5) is 0 Å². The van der Waals surface area contributed by atoms with E-state index < -0.39 is 8.32 Å². The number of nitrogens with zero attached hydrogens (tertiary/aromatic N) is 1. The van der Waals surface area contributed by atoms with E-state index >= 15 is 0 Å². The maximum absolute atomic E-state index is 11.8. The number of methoxy groups -OCH3 is 1. The zero-order valence-electron chi connectivity index (χ0n) is 21.1. The molecule has 0 amide bonds. The smallest absolute Gasteiger partial charge is 0.192 e. The Balaban J connectivity index is 1.61. The van der Waals surface area contributed by atoms with Gasteiger partial charge in [-0.2, -0.15) is 0 Å². The van der Waals surface area contributed by atoms with Gasteiger partial charge >= 0.3 is 0 Å². The summed E-state index contributed by atoms with van der Waals surface area (Å²) in [6.45, 7) is 12.6. The highest BCUT2D eigenvalue weighted by atomic mass is 28.4. The Hall–Kier alpha value is -0.923. The molecule has 5 nitrogen and oxygen atoms in total. The second-order valence-corrected chi connectivity index (χ2v) is 16.8. The normalized spacial score (nSPS) is 35.6. The molecule has 180 valence electrons. The van der Waals surface area contributed by atoms with Crippen LogP contribution in [0.15, 0.2) is 24.3 Å². The monoisotopic (exact) mass is 460 g/mol. The van der Waals surface area contributed by atoms with Crippen LogP contribution in [0.5, 0.6) is 5.75 Å². The summed E-state index contributed by atoms with van der Waals surface area (Å²) in [5.41, 5.74) is 1.46. The van der Waals surface area contributed by atoms with E-state index in [9.17, 15) is 5.11 Å². The third-order valence-electron chi connectivity index (χ3n) is 9.14. The molecular formula is C26H44N2O3Si. The second kappa shape index (κ2) is 8.70. The molecule has 1 spiro atoms. The number of hydrogen-bond acceptors (Lipinski definition) is 5. The van der Waals surface area contributed by atoms with Crippen molar-refractivity contribution in [1.82, 2.24) is 10.2 Å². The zero-order valence-corrected chi connectivity index (χ0v) is 22.1. The summed E-state index contributed by atoms with van der Waals surface area (Å²) in [4.78, 5) is 2.67. The van der Waals surface area contributed by atoms with Gasteiger partial charge in [-0.05, 0) is 75.0 Å². The molecule has 1 saturated carbocycles. The Morgan fingerprint density at radius 2 is 1.88 bits per heavy atom. The minimum atomic E-state index is -1.89. The van der Waals surface area contributed by atoms with Crippen molar-refractivity contribution in [3.63, 3.8) is 0 Å². The molecule has 3 fully saturated rings. The number of benzene rings is 1. The number of likely N-dealkylation sites (N-methyl/N-ethyl adjacent to an activating group) is 1. The average Bonchev–Trinajstić information content (AvgIpc) is 3.10. The van der Waals surface area contributed by atoms with Gasteiger partial charge in [-0.25, -0.2) is 0 Å². The molecule has 0 unspecified atom stereocenters. The van der Waals surface area contributed by atoms with Crippen molar-refractivity contribution in [2.45, 2.75) is 101 Å². The number of piperidine rings is 1. The van der Waals surface area contributed by atoms with Crippen LogP contribution in [0.1, 0.15) is 52.0 Å². The van der Waals surface area contributed by atoms with E-state index in [-0.39, 0.29) is 34.7 Å². The predicted molar refractivity (Wildman–Crippen MR) is 133 cm³/mol. The molecule has 1 aliphatic carbocycles. The van der Waals surface area contributed by atoms with E-state index in [1.165, 1.54) is 18.4 Å². The summed E-state index contributed by atoms with van der Waals surface area (Å²) in [6, 6.07) is 8.99. The maximum atomic E-state index is 11.8. The van der Waals surface area contributed by atoms with Gasteiger partial charge < -0.3 is 19.6 Å². The Kier molecular flexibility index (Phi) is 6.58. The highest BCUT2D eigenvalue weighted by Crippen LogP contribution is 2.53. The number of ether oxygens (including phenoxy) is 1. The van der Waals surface area contributed by atoms with Crippen LogP contribution >= 0.6 is 0 Å². The molecular weight excluding hydrogens is 416 g/mol. The Labute approximate surface area is 196 Å². The largest absolute Gasteiger partial charge is 0.497 e. The van der Waals surface area contributed by atoms with Crippen molar-refractivity contribution >= 4 is 8.32 Å². The average molecular weight is 461 g/mol. The van der Waals surface area contributed by atoms with Gasteiger partial charge in [-0.15, -0.1) is 0 Å². The molecule has 2 bridgehead atoms. The van der Waals surface area contributed by atoms with Gasteiger partial charge in [-0.1, -0.05) is 32.9 Å². The molecule has 6 atom stereocenters. The van der Waals surface area contributed by atoms with Crippen molar-refractivity contribution < 1.29 is 14.3 Å². The van der Waals surface area contributed by atoms with Gasteiger partial charge in [0, 0.05) is 30.1 Å². The van der Waals surface area contributed by atoms with Crippen LogP contribution in [0.25, 0.3) is 0 Å². The molecule has 3 aliphatic rings. The third kappa shape index (κ3) is 4.29. The van der Waals surface area contributed by atoms with Crippen LogP contribution in [-0.2, 0) is 10.8 Å². The molecule has 4 rings (SSSR count). The van der Waals surface area contributed by atoms with Crippen molar-refractivity contribution in [2.24, 2.45) is 5.92 Å². The lowest BCUT2D eigenvalue weighted by molar-refractivity contribution is -0.143. The molecule has 2 saturated heterocycles. The van der Waals surface area contributed by atoms with E-state index in [1.54, 1.807) is 7.11 Å². The van der Waals surface area contributed by atoms with Crippen molar-refractivity contribution in [3.05, 3.63) is 29.8 Å². The fourth-order valence-corrected chi connectivity index (χ4v) is 7.64. The summed E-state index contributed by atoms with van der Waals surface area (Å²) in [6.07, 6.45) is 5.15. The Bertz CT molecular complexity index is 793. The molecule has 2 heterocycles. The molecule has 2 aliphatic heterocycles. The number of hydrogen-bond donors (Lipinski definition) is 2. The molecule has 0 aromatic heterocycles. The topological polar surface area (TPSA) is 54.0 Å². The van der Waals surface area contributed by atoms with Crippen molar-refractivity contribution in [1.29, 1.82) is 0 Å². The van der Waals surface area contributed by atoms with Crippen LogP contribution < -0.4 is 10.1 Å². The summed E-state index contributed by atoms with van der Waals surface area (Å²) in [7, 11) is 1.89. The zero-order chi connectivity index (χ0) is 23.3. The van der Waals surface area contributed by atoms with Crippen LogP contribution in [0, 0.1) is 5.92 Å². The summed E-state index contributed by atoms with van der Waals surface area (Å²) >= 11 is 0. The first-order valence-electron chi connectivity index (χ1n) is 12.4. The fourth-order valence-electron chi connectivity index (χ4n) is 6.24. The standard InChI is InChI=1S/C26H44N2O3Si/c1-25(2,3)32(6,7)31-23-12-13-26-15-19(27-4)17-28(26)22(24(29)21(23)16-26)14-18-8-10-20(30-5)11-9-18/h8-11,19,21-24,27,29H,12-17H2,1-7H3/t19-,21-,22-,23-,24-,26+/m0/s1. The SMILES string of the molecule is CN[C@@H]1CN2[C@@H](Cc3ccc(OC)cc3)[C@@H](O)[C@H]3C[C@@]2(CC[C@@H]3O[Si](C)(C)C(C)(C)C)C1. The van der Waals surface area contributed by atoms with E-state index in [0.717, 1.165) is 31.6 Å². The lowest BCUT2D eigenvalue weighted by Gasteiger charge is -2.58. The van der Waals surface area contributed by atoms with Crippen LogP contribution in [0.2, 0.25) is 18.1 Å². The van der Waals surface area contributed by atoms with E-state index in [2.05, 4.69) is 63.3 Å². The Morgan fingerprint density at radius 1 is 1.19 bits per heavy atom. The van der Waals surface area contributed by atoms with Crippen LogP contribution in [0.3, 0.4) is 0 Å². The summed E-state index contributed by atoms with van der Waals surface area (Å²) in [5.74, 6) is 1.10. The molecule has 1 aromatic rings. The molecule has 0 radical (unpaired) electrons. The molecule has 2 N–H and O–H groups in total. The molecule has 32 heavy (non-hydrogen) atoms. The lowest BCUT2D eigenvalue weighted by Crippen LogP contribution is -2.67. The minimum Gasteiger partial charge on any atom is -0.497 e. The number of nitrogens with one attached hydrogen (secondary N) is 1. The van der Waals surface area contributed by atoms with Gasteiger partial charge in [0.1, 0.15) is 5.75 Å². The van der Waals surface area contributed by atoms with Crippen molar-refractivity contribution in [3.8, 4) is 5.75 Å². The molecule has 1 aromatic carbocycles. The number of aliphatic hydroxyl groups excluding tert-OH is 1. The summed E-state index contributed by atoms with van der Waals surface area (Å²) in [5, 5.41) is 15.5. The van der Waals surface area contributed by atoms with E-state index in [4.69, 9.17) is 9.16 Å². The van der Waals surface area contributed by atoms with Crippen LogP contribution in [-0.4, -0.2) is 68.9 Å². The van der Waals surface area contributed by atoms with Gasteiger partial charge in [0.25, 0.3) is 0 Å². The van der Waals surface area contributed by atoms with Gasteiger partial charge in [0.05, 0.1) is 19.3 Å². The highest BCUT2D eigenvalue weighted by molar-refractivity contribution is 6.74. The first-order chi connectivity index (χ1) is 15.0.